The van der Waals surface area contributed by atoms with Crippen LogP contribution in [0.15, 0.2) is 53.4 Å². The highest BCUT2D eigenvalue weighted by Crippen LogP contribution is 2.22. The number of carbonyl (C=O) groups excluding carboxylic acids is 1. The third-order valence-corrected chi connectivity index (χ3v) is 4.90. The molecule has 0 fully saturated rings. The third-order valence-electron chi connectivity index (χ3n) is 3.89. The molecule has 0 aliphatic heterocycles. The summed E-state index contributed by atoms with van der Waals surface area (Å²) in [5.74, 6) is 0.930. The number of hydrogen-bond acceptors (Lipinski definition) is 2. The Bertz CT molecular complexity index is 639. The molecule has 0 bridgehead atoms. The summed E-state index contributed by atoms with van der Waals surface area (Å²) in [6.07, 6.45) is 1.45. The van der Waals surface area contributed by atoms with Crippen LogP contribution in [0.4, 0.5) is 0 Å². The van der Waals surface area contributed by atoms with Gasteiger partial charge in [-0.15, -0.1) is 11.8 Å². The van der Waals surface area contributed by atoms with Crippen molar-refractivity contribution in [3.05, 3.63) is 65.2 Å². The molecular weight excluding hydrogens is 302 g/mol. The van der Waals surface area contributed by atoms with Crippen LogP contribution in [0.25, 0.3) is 0 Å². The Hall–Kier alpha value is -1.74. The normalized spacial score (nSPS) is 12.0. The minimum Gasteiger partial charge on any atom is -0.349 e. The zero-order valence-electron chi connectivity index (χ0n) is 14.1. The Morgan fingerprint density at radius 2 is 1.87 bits per heavy atom. The molecule has 2 rings (SSSR count). The molecule has 0 saturated heterocycles. The summed E-state index contributed by atoms with van der Waals surface area (Å²) in [5, 5.41) is 3.18. The van der Waals surface area contributed by atoms with E-state index in [9.17, 15) is 4.79 Å². The van der Waals surface area contributed by atoms with Gasteiger partial charge in [-0.25, -0.2) is 0 Å². The van der Waals surface area contributed by atoms with E-state index < -0.39 is 0 Å². The Morgan fingerprint density at radius 3 is 2.52 bits per heavy atom. The maximum absolute atomic E-state index is 12.2. The zero-order valence-corrected chi connectivity index (χ0v) is 15.0. The summed E-state index contributed by atoms with van der Waals surface area (Å²) in [7, 11) is 0. The van der Waals surface area contributed by atoms with Gasteiger partial charge in [0.05, 0.1) is 6.04 Å². The molecule has 1 atom stereocenters. The summed E-state index contributed by atoms with van der Waals surface area (Å²) in [5.41, 5.74) is 3.73. The second kappa shape index (κ2) is 8.78. The molecule has 0 aliphatic rings. The topological polar surface area (TPSA) is 29.1 Å². The van der Waals surface area contributed by atoms with Crippen LogP contribution in [0.5, 0.6) is 0 Å². The van der Waals surface area contributed by atoms with E-state index in [0.717, 1.165) is 12.2 Å². The molecule has 0 spiro atoms. The van der Waals surface area contributed by atoms with Crippen molar-refractivity contribution in [2.75, 3.05) is 5.75 Å². The first-order valence-corrected chi connectivity index (χ1v) is 9.13. The predicted octanol–water partition coefficient (Wildman–Crippen LogP) is 5.05. The summed E-state index contributed by atoms with van der Waals surface area (Å²) in [4.78, 5) is 13.4. The van der Waals surface area contributed by atoms with Gasteiger partial charge in [0.25, 0.3) is 0 Å². The maximum atomic E-state index is 12.2. The van der Waals surface area contributed by atoms with Gasteiger partial charge in [0.15, 0.2) is 0 Å². The van der Waals surface area contributed by atoms with Crippen molar-refractivity contribution in [3.8, 4) is 0 Å². The molecule has 0 radical (unpaired) electrons. The van der Waals surface area contributed by atoms with E-state index in [2.05, 4.69) is 56.4 Å². The fourth-order valence-electron chi connectivity index (χ4n) is 2.66. The van der Waals surface area contributed by atoms with E-state index in [4.69, 9.17) is 0 Å². The number of thioether (sulfide) groups is 1. The van der Waals surface area contributed by atoms with E-state index in [-0.39, 0.29) is 11.9 Å². The van der Waals surface area contributed by atoms with Crippen molar-refractivity contribution in [1.82, 2.24) is 5.32 Å². The SMILES string of the molecule is CC[C@@H](NC(=O)CCSc1ccccc1)c1ccc(C)cc1C. The molecule has 1 N–H and O–H groups in total. The van der Waals surface area contributed by atoms with Crippen LogP contribution in [0.1, 0.15) is 42.5 Å². The summed E-state index contributed by atoms with van der Waals surface area (Å²) < 4.78 is 0. The second-order valence-electron chi connectivity index (χ2n) is 5.80. The van der Waals surface area contributed by atoms with Gasteiger partial charge >= 0.3 is 0 Å². The Balaban J connectivity index is 1.87. The van der Waals surface area contributed by atoms with E-state index in [1.807, 2.05) is 18.2 Å². The highest BCUT2D eigenvalue weighted by atomic mass is 32.2. The van der Waals surface area contributed by atoms with E-state index in [0.29, 0.717) is 6.42 Å². The number of hydrogen-bond donors (Lipinski definition) is 1. The van der Waals surface area contributed by atoms with Gasteiger partial charge in [0.2, 0.25) is 5.91 Å². The average molecular weight is 327 g/mol. The van der Waals surface area contributed by atoms with Gasteiger partial charge in [0.1, 0.15) is 0 Å². The number of amides is 1. The number of benzene rings is 2. The van der Waals surface area contributed by atoms with Crippen molar-refractivity contribution in [2.24, 2.45) is 0 Å². The van der Waals surface area contributed by atoms with Crippen molar-refractivity contribution < 1.29 is 4.79 Å². The molecule has 1 amide bonds. The van der Waals surface area contributed by atoms with E-state index >= 15 is 0 Å². The minimum atomic E-state index is 0.102. The molecule has 0 aromatic heterocycles. The van der Waals surface area contributed by atoms with Crippen molar-refractivity contribution in [2.45, 2.75) is 44.6 Å². The molecule has 0 unspecified atom stereocenters. The summed E-state index contributed by atoms with van der Waals surface area (Å²) in [6, 6.07) is 16.7. The smallest absolute Gasteiger partial charge is 0.221 e. The first-order chi connectivity index (χ1) is 11.1. The molecule has 0 aliphatic carbocycles. The molecular formula is C20H25NOS. The van der Waals surface area contributed by atoms with Gasteiger partial charge < -0.3 is 5.32 Å². The van der Waals surface area contributed by atoms with Crippen molar-refractivity contribution in [3.63, 3.8) is 0 Å². The molecule has 122 valence electrons. The Kier molecular flexibility index (Phi) is 6.72. The number of aryl methyl sites for hydroxylation is 2. The molecule has 2 nitrogen and oxygen atoms in total. The molecule has 0 saturated carbocycles. The fraction of sp³-hybridized carbons (Fsp3) is 0.350. The molecule has 3 heteroatoms. The van der Waals surface area contributed by atoms with Crippen molar-refractivity contribution >= 4 is 17.7 Å². The van der Waals surface area contributed by atoms with Gasteiger partial charge in [-0.1, -0.05) is 48.9 Å². The minimum absolute atomic E-state index is 0.102. The van der Waals surface area contributed by atoms with Gasteiger partial charge in [-0.05, 0) is 43.5 Å². The van der Waals surface area contributed by atoms with Gasteiger partial charge in [0, 0.05) is 17.1 Å². The molecule has 2 aromatic rings. The lowest BCUT2D eigenvalue weighted by Crippen LogP contribution is -2.28. The second-order valence-corrected chi connectivity index (χ2v) is 6.97. The summed E-state index contributed by atoms with van der Waals surface area (Å²) >= 11 is 1.72. The first kappa shape index (κ1) is 17.6. The Labute approximate surface area is 143 Å². The van der Waals surface area contributed by atoms with Crippen LogP contribution in [0.2, 0.25) is 0 Å². The highest BCUT2D eigenvalue weighted by Gasteiger charge is 2.14. The summed E-state index contributed by atoms with van der Waals surface area (Å²) in [6.45, 7) is 6.32. The van der Waals surface area contributed by atoms with E-state index in [1.54, 1.807) is 11.8 Å². The largest absolute Gasteiger partial charge is 0.349 e. The van der Waals surface area contributed by atoms with Crippen LogP contribution >= 0.6 is 11.8 Å². The monoisotopic (exact) mass is 327 g/mol. The molecule has 0 heterocycles. The number of carbonyl (C=O) groups is 1. The van der Waals surface area contributed by atoms with E-state index in [1.165, 1.54) is 21.6 Å². The maximum Gasteiger partial charge on any atom is 0.221 e. The van der Waals surface area contributed by atoms with Crippen LogP contribution in [0, 0.1) is 13.8 Å². The predicted molar refractivity (Wildman–Crippen MR) is 98.9 cm³/mol. The number of rotatable bonds is 7. The third kappa shape index (κ3) is 5.43. The van der Waals surface area contributed by atoms with Crippen LogP contribution in [0.3, 0.4) is 0 Å². The van der Waals surface area contributed by atoms with Crippen LogP contribution < -0.4 is 5.32 Å². The van der Waals surface area contributed by atoms with Crippen LogP contribution in [-0.2, 0) is 4.79 Å². The van der Waals surface area contributed by atoms with Crippen LogP contribution in [-0.4, -0.2) is 11.7 Å². The van der Waals surface area contributed by atoms with Gasteiger partial charge in [-0.2, -0.15) is 0 Å². The molecule has 23 heavy (non-hydrogen) atoms. The fourth-order valence-corrected chi connectivity index (χ4v) is 3.53. The highest BCUT2D eigenvalue weighted by molar-refractivity contribution is 7.99. The lowest BCUT2D eigenvalue weighted by molar-refractivity contribution is -0.121. The Morgan fingerprint density at radius 1 is 1.13 bits per heavy atom. The number of nitrogens with one attached hydrogen (secondary N) is 1. The first-order valence-electron chi connectivity index (χ1n) is 8.14. The molecule has 2 aromatic carbocycles. The lowest BCUT2D eigenvalue weighted by Gasteiger charge is -2.20. The van der Waals surface area contributed by atoms with Crippen molar-refractivity contribution in [1.29, 1.82) is 0 Å². The standard InChI is InChI=1S/C20H25NOS/c1-4-19(18-11-10-15(2)14-16(18)3)21-20(22)12-13-23-17-8-6-5-7-9-17/h5-11,14,19H,4,12-13H2,1-3H3,(H,21,22)/t19-/m1/s1. The quantitative estimate of drug-likeness (QED) is 0.721. The average Bonchev–Trinajstić information content (AvgIpc) is 2.54. The van der Waals surface area contributed by atoms with Gasteiger partial charge in [-0.3, -0.25) is 4.79 Å². The zero-order chi connectivity index (χ0) is 16.7. The lowest BCUT2D eigenvalue weighted by atomic mass is 9.97.